The number of hydrogen-bond acceptors (Lipinski definition) is 3. The Morgan fingerprint density at radius 2 is 2.00 bits per heavy atom. The van der Waals surface area contributed by atoms with Crippen LogP contribution in [0.5, 0.6) is 0 Å². The molecule has 1 aliphatic heterocycles. The van der Waals surface area contributed by atoms with Gasteiger partial charge >= 0.3 is 5.97 Å². The van der Waals surface area contributed by atoms with Gasteiger partial charge < -0.3 is 9.47 Å². The Balaban J connectivity index is 2.16. The van der Waals surface area contributed by atoms with Crippen LogP contribution in [-0.2, 0) is 14.3 Å². The number of allylic oxidation sites excluding steroid dienone is 5. The second-order valence-corrected chi connectivity index (χ2v) is 7.55. The van der Waals surface area contributed by atoms with Gasteiger partial charge in [-0.1, -0.05) is 34.9 Å². The van der Waals surface area contributed by atoms with E-state index in [0.29, 0.717) is 6.10 Å². The van der Waals surface area contributed by atoms with Gasteiger partial charge in [0.25, 0.3) is 0 Å². The standard InChI is InChI=1S/C21H32O3/c1-15-7-6-14-21(4)19(24-21)13-10-16(2)9-12-18(11-8-15)17(3)20(22)23-5/h7,9,12,17,19H,6,8,10-11,13-14H2,1-5H3/b15-7-,16-9-,18-12-/t17?,19-,21-/m1/s1. The molecule has 0 spiro atoms. The molecule has 134 valence electrons. The molecule has 2 aliphatic rings. The van der Waals surface area contributed by atoms with Crippen LogP contribution in [0, 0.1) is 5.92 Å². The van der Waals surface area contributed by atoms with Crippen molar-refractivity contribution in [3.05, 3.63) is 34.9 Å². The monoisotopic (exact) mass is 332 g/mol. The lowest BCUT2D eigenvalue weighted by Crippen LogP contribution is -2.15. The van der Waals surface area contributed by atoms with E-state index in [0.717, 1.165) is 44.1 Å². The molecule has 0 aromatic rings. The van der Waals surface area contributed by atoms with Crippen LogP contribution in [0.3, 0.4) is 0 Å². The van der Waals surface area contributed by atoms with Gasteiger partial charge in [-0.15, -0.1) is 0 Å². The third-order valence-electron chi connectivity index (χ3n) is 5.47. The maximum atomic E-state index is 11.9. The molecule has 1 aliphatic carbocycles. The zero-order valence-corrected chi connectivity index (χ0v) is 15.9. The van der Waals surface area contributed by atoms with Crippen LogP contribution >= 0.6 is 0 Å². The first-order chi connectivity index (χ1) is 11.4. The van der Waals surface area contributed by atoms with Crippen molar-refractivity contribution in [2.45, 2.75) is 77.9 Å². The highest BCUT2D eigenvalue weighted by molar-refractivity contribution is 5.75. The molecule has 24 heavy (non-hydrogen) atoms. The zero-order valence-electron chi connectivity index (χ0n) is 15.9. The number of carbonyl (C=O) groups is 1. The summed E-state index contributed by atoms with van der Waals surface area (Å²) in [6.07, 6.45) is 13.2. The first kappa shape index (κ1) is 19.0. The van der Waals surface area contributed by atoms with Crippen molar-refractivity contribution in [1.82, 2.24) is 0 Å². The zero-order chi connectivity index (χ0) is 17.7. The Bertz CT molecular complexity index is 555. The number of methoxy groups -OCH3 is 1. The maximum Gasteiger partial charge on any atom is 0.312 e. The Kier molecular flexibility index (Phi) is 6.45. The summed E-state index contributed by atoms with van der Waals surface area (Å²) in [7, 11) is 1.46. The Morgan fingerprint density at radius 1 is 1.25 bits per heavy atom. The molecule has 3 nitrogen and oxygen atoms in total. The van der Waals surface area contributed by atoms with Gasteiger partial charge in [0.15, 0.2) is 0 Å². The quantitative estimate of drug-likeness (QED) is 0.400. The molecule has 0 radical (unpaired) electrons. The van der Waals surface area contributed by atoms with E-state index in [9.17, 15) is 4.79 Å². The molecule has 3 atom stereocenters. The van der Waals surface area contributed by atoms with Crippen LogP contribution in [0.2, 0.25) is 0 Å². The molecular weight excluding hydrogens is 300 g/mol. The second-order valence-electron chi connectivity index (χ2n) is 7.55. The number of hydrogen-bond donors (Lipinski definition) is 0. The molecule has 1 fully saturated rings. The van der Waals surface area contributed by atoms with Crippen LogP contribution in [0.25, 0.3) is 0 Å². The van der Waals surface area contributed by atoms with Crippen LogP contribution in [-0.4, -0.2) is 24.8 Å². The van der Waals surface area contributed by atoms with Crippen LogP contribution in [0.4, 0.5) is 0 Å². The second kappa shape index (κ2) is 8.15. The van der Waals surface area contributed by atoms with E-state index < -0.39 is 0 Å². The summed E-state index contributed by atoms with van der Waals surface area (Å²) in [6.45, 7) is 8.52. The lowest BCUT2D eigenvalue weighted by molar-refractivity contribution is -0.143. The summed E-state index contributed by atoms with van der Waals surface area (Å²) in [5.41, 5.74) is 3.96. The van der Waals surface area contributed by atoms with Gasteiger partial charge in [-0.25, -0.2) is 0 Å². The van der Waals surface area contributed by atoms with E-state index in [-0.39, 0.29) is 17.5 Å². The summed E-state index contributed by atoms with van der Waals surface area (Å²) < 4.78 is 10.9. The molecule has 0 N–H and O–H groups in total. The molecule has 3 heteroatoms. The van der Waals surface area contributed by atoms with E-state index in [4.69, 9.17) is 9.47 Å². The van der Waals surface area contributed by atoms with Crippen LogP contribution < -0.4 is 0 Å². The summed E-state index contributed by atoms with van der Waals surface area (Å²) in [5, 5.41) is 0. The SMILES string of the molecule is COC(=O)C(C)/C1=C\C=C(\C)CC[C@H]2O[C@]2(C)CC/C=C(/C)CC1. The topological polar surface area (TPSA) is 38.8 Å². The van der Waals surface area contributed by atoms with Crippen molar-refractivity contribution in [2.24, 2.45) is 5.92 Å². The van der Waals surface area contributed by atoms with Crippen LogP contribution in [0.1, 0.15) is 66.2 Å². The highest BCUT2D eigenvalue weighted by atomic mass is 16.6. The highest BCUT2D eigenvalue weighted by Gasteiger charge is 2.50. The van der Waals surface area contributed by atoms with Gasteiger partial charge in [-0.05, 0) is 66.2 Å². The third kappa shape index (κ3) is 5.07. The van der Waals surface area contributed by atoms with Crippen molar-refractivity contribution in [1.29, 1.82) is 0 Å². The third-order valence-corrected chi connectivity index (χ3v) is 5.47. The van der Waals surface area contributed by atoms with E-state index in [1.807, 2.05) is 6.92 Å². The average molecular weight is 332 g/mol. The minimum absolute atomic E-state index is 0.0849. The van der Waals surface area contributed by atoms with Crippen LogP contribution in [0.15, 0.2) is 34.9 Å². The smallest absolute Gasteiger partial charge is 0.312 e. The molecule has 0 aromatic carbocycles. The minimum Gasteiger partial charge on any atom is -0.469 e. The summed E-state index contributed by atoms with van der Waals surface area (Å²) in [5.74, 6) is -0.341. The molecule has 0 bridgehead atoms. The van der Waals surface area contributed by atoms with Gasteiger partial charge in [-0.2, -0.15) is 0 Å². The normalized spacial score (nSPS) is 36.5. The fraction of sp³-hybridized carbons (Fsp3) is 0.667. The van der Waals surface area contributed by atoms with Gasteiger partial charge in [0.05, 0.1) is 24.7 Å². The Morgan fingerprint density at radius 3 is 2.71 bits per heavy atom. The number of epoxide rings is 1. The molecule has 1 unspecified atom stereocenters. The minimum atomic E-state index is -0.185. The Hall–Kier alpha value is -1.35. The molecule has 0 aromatic heterocycles. The number of carbonyl (C=O) groups excluding carboxylic acids is 1. The van der Waals surface area contributed by atoms with E-state index in [1.54, 1.807) is 0 Å². The fourth-order valence-corrected chi connectivity index (χ4v) is 3.39. The van der Waals surface area contributed by atoms with E-state index >= 15 is 0 Å². The molecule has 0 amide bonds. The predicted octanol–water partition coefficient (Wildman–Crippen LogP) is 5.13. The van der Waals surface area contributed by atoms with E-state index in [2.05, 4.69) is 39.0 Å². The first-order valence-corrected chi connectivity index (χ1v) is 9.13. The summed E-state index contributed by atoms with van der Waals surface area (Å²) in [6, 6.07) is 0. The molecule has 0 saturated carbocycles. The summed E-state index contributed by atoms with van der Waals surface area (Å²) >= 11 is 0. The molecule has 2 rings (SSSR count). The van der Waals surface area contributed by atoms with Gasteiger partial charge in [0.2, 0.25) is 0 Å². The molecular formula is C21H32O3. The van der Waals surface area contributed by atoms with Gasteiger partial charge in [0, 0.05) is 0 Å². The van der Waals surface area contributed by atoms with Crippen molar-refractivity contribution >= 4 is 5.97 Å². The highest BCUT2D eigenvalue weighted by Crippen LogP contribution is 2.43. The lowest BCUT2D eigenvalue weighted by Gasteiger charge is -2.15. The van der Waals surface area contributed by atoms with Crippen molar-refractivity contribution < 1.29 is 14.3 Å². The van der Waals surface area contributed by atoms with Gasteiger partial charge in [-0.3, -0.25) is 4.79 Å². The van der Waals surface area contributed by atoms with Crippen molar-refractivity contribution in [3.8, 4) is 0 Å². The van der Waals surface area contributed by atoms with E-state index in [1.165, 1.54) is 18.3 Å². The van der Waals surface area contributed by atoms with Crippen molar-refractivity contribution in [3.63, 3.8) is 0 Å². The maximum absolute atomic E-state index is 11.9. The first-order valence-electron chi connectivity index (χ1n) is 9.13. The average Bonchev–Trinajstić information content (AvgIpc) is 3.21. The number of fused-ring (bicyclic) bond motifs is 1. The van der Waals surface area contributed by atoms with Crippen molar-refractivity contribution in [2.75, 3.05) is 7.11 Å². The summed E-state index contributed by atoms with van der Waals surface area (Å²) in [4.78, 5) is 11.9. The van der Waals surface area contributed by atoms with Gasteiger partial charge in [0.1, 0.15) is 0 Å². The number of ether oxygens (including phenoxy) is 2. The molecule has 1 saturated heterocycles. The number of esters is 1. The predicted molar refractivity (Wildman–Crippen MR) is 97.8 cm³/mol. The lowest BCUT2D eigenvalue weighted by atomic mass is 9.92. The Labute approximate surface area is 146 Å². The fourth-order valence-electron chi connectivity index (χ4n) is 3.39. The molecule has 1 heterocycles. The largest absolute Gasteiger partial charge is 0.469 e. The number of rotatable bonds is 2.